The quantitative estimate of drug-likeness (QED) is 0.326. The van der Waals surface area contributed by atoms with Crippen LogP contribution in [0.1, 0.15) is 47.1 Å². The van der Waals surface area contributed by atoms with E-state index in [0.717, 1.165) is 31.2 Å². The number of guanidine groups is 1. The van der Waals surface area contributed by atoms with E-state index in [-0.39, 0.29) is 24.1 Å². The molecule has 2 N–H and O–H groups in total. The molecule has 0 amide bonds. The summed E-state index contributed by atoms with van der Waals surface area (Å²) in [6, 6.07) is 16.9. The van der Waals surface area contributed by atoms with Gasteiger partial charge in [0.2, 0.25) is 11.9 Å². The first-order valence-electron chi connectivity index (χ1n) is 10.9. The van der Waals surface area contributed by atoms with Crippen LogP contribution in [0.3, 0.4) is 0 Å². The van der Waals surface area contributed by atoms with E-state index in [9.17, 15) is 4.79 Å². The molecule has 174 valence electrons. The summed E-state index contributed by atoms with van der Waals surface area (Å²) in [4.78, 5) is 24.2. The Kier molecular flexibility index (Phi) is 8.57. The first kappa shape index (κ1) is 24.4. The second-order valence-corrected chi connectivity index (χ2v) is 7.62. The average molecular weight is 469 g/mol. The Morgan fingerprint density at radius 3 is 2.61 bits per heavy atom. The van der Waals surface area contributed by atoms with Gasteiger partial charge in [-0.25, -0.2) is 5.10 Å². The van der Waals surface area contributed by atoms with Gasteiger partial charge in [0.25, 0.3) is 0 Å². The lowest BCUT2D eigenvalue weighted by Crippen LogP contribution is -2.47. The number of rotatable bonds is 6. The highest BCUT2D eigenvalue weighted by molar-refractivity contribution is 6.09. The molecule has 0 aliphatic carbocycles. The third-order valence-electron chi connectivity index (χ3n) is 5.42. The number of ketones is 1. The van der Waals surface area contributed by atoms with Gasteiger partial charge in [-0.3, -0.25) is 4.79 Å². The minimum absolute atomic E-state index is 0. The smallest absolute Gasteiger partial charge is 0.248 e. The Bertz CT molecular complexity index is 1080. The third kappa shape index (κ3) is 5.97. The van der Waals surface area contributed by atoms with Crippen LogP contribution in [0, 0.1) is 0 Å². The van der Waals surface area contributed by atoms with Crippen LogP contribution < -0.4 is 5.32 Å². The highest BCUT2D eigenvalue weighted by atomic mass is 35.5. The van der Waals surface area contributed by atoms with Crippen molar-refractivity contribution in [1.82, 2.24) is 25.4 Å². The van der Waals surface area contributed by atoms with E-state index in [1.807, 2.05) is 68.4 Å². The highest BCUT2D eigenvalue weighted by Crippen LogP contribution is 2.24. The number of benzene rings is 2. The van der Waals surface area contributed by atoms with Crippen LogP contribution in [0.4, 0.5) is 5.95 Å². The monoisotopic (exact) mass is 468 g/mol. The van der Waals surface area contributed by atoms with Crippen molar-refractivity contribution in [3.63, 3.8) is 0 Å². The standard InChI is InChI=1S/C24H28N6O2.ClH/c1-3-25-24(30-12-14-32-15-13-30)27-23-26-22(28-29-23)17(2)19-10-7-11-20(16-19)21(31)18-8-5-4-6-9-18;/h4-11,16-17H,3,12-15H2,1-2H3,(H2,25,26,27,28,29);1H. The highest BCUT2D eigenvalue weighted by Gasteiger charge is 2.19. The lowest BCUT2D eigenvalue weighted by molar-refractivity contribution is 0.0666. The molecule has 1 atom stereocenters. The Balaban J connectivity index is 0.00000306. The number of hydrogen-bond acceptors (Lipinski definition) is 5. The van der Waals surface area contributed by atoms with Gasteiger partial charge in [-0.1, -0.05) is 55.5 Å². The van der Waals surface area contributed by atoms with Crippen molar-refractivity contribution in [1.29, 1.82) is 0 Å². The normalized spacial score (nSPS) is 15.0. The molecule has 1 aromatic heterocycles. The average Bonchev–Trinajstić information content (AvgIpc) is 3.32. The number of halogens is 1. The van der Waals surface area contributed by atoms with Crippen molar-refractivity contribution < 1.29 is 9.53 Å². The molecular formula is C24H29ClN6O2. The fraction of sp³-hybridized carbons (Fsp3) is 0.333. The summed E-state index contributed by atoms with van der Waals surface area (Å²) in [5.74, 6) is 1.75. The number of aromatic nitrogens is 3. The molecule has 1 aliphatic heterocycles. The molecule has 1 saturated heterocycles. The van der Waals surface area contributed by atoms with E-state index >= 15 is 0 Å². The number of morpholine rings is 1. The molecule has 2 heterocycles. The van der Waals surface area contributed by atoms with Gasteiger partial charge in [0.15, 0.2) is 11.6 Å². The van der Waals surface area contributed by atoms with Crippen LogP contribution in [-0.4, -0.2) is 64.7 Å². The van der Waals surface area contributed by atoms with Gasteiger partial charge < -0.3 is 15.0 Å². The number of hydrogen-bond donors (Lipinski definition) is 2. The minimum Gasteiger partial charge on any atom is -0.378 e. The molecule has 0 saturated carbocycles. The summed E-state index contributed by atoms with van der Waals surface area (Å²) < 4.78 is 5.43. The maximum Gasteiger partial charge on any atom is 0.248 e. The number of ether oxygens (including phenoxy) is 1. The van der Waals surface area contributed by atoms with E-state index in [1.54, 1.807) is 0 Å². The van der Waals surface area contributed by atoms with Crippen LogP contribution >= 0.6 is 12.4 Å². The SMILES string of the molecule is CCN/C(=N\c1nc(C(C)c2cccc(C(=O)c3ccccc3)c2)n[nH]1)N1CCOCC1.Cl. The van der Waals surface area contributed by atoms with Crippen molar-refractivity contribution in [3.05, 3.63) is 77.1 Å². The molecule has 3 aromatic rings. The van der Waals surface area contributed by atoms with Crippen LogP contribution in [0.15, 0.2) is 59.6 Å². The number of aromatic amines is 1. The first-order chi connectivity index (χ1) is 15.7. The van der Waals surface area contributed by atoms with Gasteiger partial charge >= 0.3 is 0 Å². The number of aliphatic imine (C=N–C) groups is 1. The van der Waals surface area contributed by atoms with Gasteiger partial charge in [-0.2, -0.15) is 15.1 Å². The van der Waals surface area contributed by atoms with E-state index in [4.69, 9.17) is 4.74 Å². The Morgan fingerprint density at radius 1 is 1.15 bits per heavy atom. The molecule has 4 rings (SSSR count). The Morgan fingerprint density at radius 2 is 1.88 bits per heavy atom. The molecular weight excluding hydrogens is 440 g/mol. The van der Waals surface area contributed by atoms with Crippen molar-refractivity contribution in [2.75, 3.05) is 32.8 Å². The van der Waals surface area contributed by atoms with E-state index in [0.29, 0.717) is 36.1 Å². The minimum atomic E-state index is -0.0929. The Labute approximate surface area is 199 Å². The molecule has 1 aliphatic rings. The molecule has 9 heteroatoms. The van der Waals surface area contributed by atoms with Crippen molar-refractivity contribution in [2.24, 2.45) is 4.99 Å². The van der Waals surface area contributed by atoms with Gasteiger partial charge in [0.05, 0.1) is 13.2 Å². The first-order valence-corrected chi connectivity index (χ1v) is 10.9. The molecule has 8 nitrogen and oxygen atoms in total. The number of H-pyrrole nitrogens is 1. The van der Waals surface area contributed by atoms with E-state index in [1.165, 1.54) is 0 Å². The van der Waals surface area contributed by atoms with Crippen LogP contribution in [0.5, 0.6) is 0 Å². The lowest BCUT2D eigenvalue weighted by Gasteiger charge is -2.29. The summed E-state index contributed by atoms with van der Waals surface area (Å²) in [7, 11) is 0. The number of carbonyl (C=O) groups excluding carboxylic acids is 1. The zero-order valence-electron chi connectivity index (χ0n) is 18.8. The second-order valence-electron chi connectivity index (χ2n) is 7.62. The van der Waals surface area contributed by atoms with E-state index < -0.39 is 0 Å². The molecule has 2 aromatic carbocycles. The molecule has 33 heavy (non-hydrogen) atoms. The summed E-state index contributed by atoms with van der Waals surface area (Å²) in [5, 5.41) is 10.6. The topological polar surface area (TPSA) is 95.5 Å². The fourth-order valence-electron chi connectivity index (χ4n) is 3.62. The summed E-state index contributed by atoms with van der Waals surface area (Å²) in [5.41, 5.74) is 2.29. The molecule has 0 radical (unpaired) electrons. The predicted octanol–water partition coefficient (Wildman–Crippen LogP) is 3.54. The van der Waals surface area contributed by atoms with Gasteiger partial charge in [-0.05, 0) is 18.6 Å². The molecule has 1 fully saturated rings. The van der Waals surface area contributed by atoms with Crippen molar-refractivity contribution in [3.8, 4) is 0 Å². The van der Waals surface area contributed by atoms with Crippen LogP contribution in [0.2, 0.25) is 0 Å². The number of carbonyl (C=O) groups is 1. The van der Waals surface area contributed by atoms with Crippen molar-refractivity contribution in [2.45, 2.75) is 19.8 Å². The second kappa shape index (κ2) is 11.6. The molecule has 0 bridgehead atoms. The number of nitrogens with one attached hydrogen (secondary N) is 2. The number of nitrogens with zero attached hydrogens (tertiary/aromatic N) is 4. The maximum absolute atomic E-state index is 12.8. The van der Waals surface area contributed by atoms with Gasteiger partial charge in [0, 0.05) is 36.7 Å². The summed E-state index contributed by atoms with van der Waals surface area (Å²) in [6.45, 7) is 7.75. The maximum atomic E-state index is 12.8. The third-order valence-corrected chi connectivity index (χ3v) is 5.42. The predicted molar refractivity (Wildman–Crippen MR) is 131 cm³/mol. The molecule has 0 spiro atoms. The van der Waals surface area contributed by atoms with Crippen LogP contribution in [-0.2, 0) is 4.74 Å². The Hall–Kier alpha value is -3.23. The summed E-state index contributed by atoms with van der Waals surface area (Å²) >= 11 is 0. The largest absolute Gasteiger partial charge is 0.378 e. The van der Waals surface area contributed by atoms with Gasteiger partial charge in [0.1, 0.15) is 0 Å². The van der Waals surface area contributed by atoms with E-state index in [2.05, 4.69) is 30.4 Å². The zero-order valence-corrected chi connectivity index (χ0v) is 19.6. The van der Waals surface area contributed by atoms with Gasteiger partial charge in [-0.15, -0.1) is 12.4 Å². The zero-order chi connectivity index (χ0) is 22.3. The van der Waals surface area contributed by atoms with Crippen LogP contribution in [0.25, 0.3) is 0 Å². The fourth-order valence-corrected chi connectivity index (χ4v) is 3.62. The van der Waals surface area contributed by atoms with Crippen molar-refractivity contribution >= 4 is 30.1 Å². The summed E-state index contributed by atoms with van der Waals surface area (Å²) in [6.07, 6.45) is 0. The molecule has 1 unspecified atom stereocenters. The lowest BCUT2D eigenvalue weighted by atomic mass is 9.95.